The van der Waals surface area contributed by atoms with E-state index in [2.05, 4.69) is 16.0 Å². The molecule has 0 spiro atoms. The quantitative estimate of drug-likeness (QED) is 0.127. The number of rotatable bonds is 16. The van der Waals surface area contributed by atoms with Gasteiger partial charge in [-0.2, -0.15) is 11.8 Å². The van der Waals surface area contributed by atoms with Crippen molar-refractivity contribution in [2.24, 2.45) is 11.5 Å². The van der Waals surface area contributed by atoms with Crippen molar-refractivity contribution in [3.63, 3.8) is 0 Å². The number of hydrogen-bond acceptors (Lipinski definition) is 8. The highest BCUT2D eigenvalue weighted by Crippen LogP contribution is 2.06. The van der Waals surface area contributed by atoms with E-state index in [1.54, 1.807) is 0 Å². The molecule has 12 nitrogen and oxygen atoms in total. The first-order valence-electron chi connectivity index (χ1n) is 9.39. The fourth-order valence-electron chi connectivity index (χ4n) is 2.38. The van der Waals surface area contributed by atoms with E-state index in [-0.39, 0.29) is 12.8 Å². The fourth-order valence-corrected chi connectivity index (χ4v) is 2.86. The summed E-state index contributed by atoms with van der Waals surface area (Å²) in [4.78, 5) is 58.5. The van der Waals surface area contributed by atoms with E-state index in [1.807, 2.05) is 6.26 Å². The molecule has 0 aliphatic heterocycles. The van der Waals surface area contributed by atoms with Crippen molar-refractivity contribution < 1.29 is 34.2 Å². The summed E-state index contributed by atoms with van der Waals surface area (Å²) < 4.78 is 0. The van der Waals surface area contributed by atoms with Gasteiger partial charge in [0.1, 0.15) is 18.6 Å². The molecule has 0 aromatic heterocycles. The van der Waals surface area contributed by atoms with Crippen LogP contribution in [0.3, 0.4) is 0 Å². The second kappa shape index (κ2) is 15.5. The molecule has 9 N–H and O–H groups in total. The average molecular weight is 450 g/mol. The van der Waals surface area contributed by atoms with E-state index in [0.717, 1.165) is 0 Å². The molecule has 3 unspecified atom stereocenters. The molecule has 3 amide bonds. The lowest BCUT2D eigenvalue weighted by molar-refractivity contribution is -0.139. The molecule has 0 aliphatic rings. The monoisotopic (exact) mass is 449 g/mol. The van der Waals surface area contributed by atoms with Crippen molar-refractivity contribution in [2.45, 2.75) is 50.2 Å². The summed E-state index contributed by atoms with van der Waals surface area (Å²) in [6, 6.07) is -3.37. The van der Waals surface area contributed by atoms with Gasteiger partial charge in [0.25, 0.3) is 0 Å². The minimum absolute atomic E-state index is 0.227. The SMILES string of the molecule is CSCCC(NC(=O)C(N)CC(=O)O)C(=O)NC(CCCCN)C(=O)NCC(=O)O. The van der Waals surface area contributed by atoms with Crippen molar-refractivity contribution in [1.29, 1.82) is 0 Å². The van der Waals surface area contributed by atoms with Crippen LogP contribution in [0.25, 0.3) is 0 Å². The maximum atomic E-state index is 12.7. The number of carbonyl (C=O) groups excluding carboxylic acids is 3. The molecule has 0 bridgehead atoms. The van der Waals surface area contributed by atoms with Gasteiger partial charge in [0.2, 0.25) is 17.7 Å². The van der Waals surface area contributed by atoms with E-state index in [4.69, 9.17) is 21.7 Å². The highest BCUT2D eigenvalue weighted by atomic mass is 32.2. The van der Waals surface area contributed by atoms with Crippen LogP contribution in [0.15, 0.2) is 0 Å². The molecule has 0 rings (SSSR count). The molecule has 30 heavy (non-hydrogen) atoms. The zero-order valence-corrected chi connectivity index (χ0v) is 17.7. The third kappa shape index (κ3) is 12.2. The van der Waals surface area contributed by atoms with Gasteiger partial charge in [-0.25, -0.2) is 0 Å². The summed E-state index contributed by atoms with van der Waals surface area (Å²) >= 11 is 1.43. The Morgan fingerprint density at radius 2 is 1.50 bits per heavy atom. The Labute approximate surface area is 178 Å². The van der Waals surface area contributed by atoms with Crippen molar-refractivity contribution >= 4 is 41.4 Å². The predicted octanol–water partition coefficient (Wildman–Crippen LogP) is -2.16. The highest BCUT2D eigenvalue weighted by Gasteiger charge is 2.28. The van der Waals surface area contributed by atoms with Crippen LogP contribution >= 0.6 is 11.8 Å². The largest absolute Gasteiger partial charge is 0.481 e. The van der Waals surface area contributed by atoms with E-state index in [0.29, 0.717) is 25.1 Å². The minimum atomic E-state index is -1.33. The average Bonchev–Trinajstić information content (AvgIpc) is 2.67. The lowest BCUT2D eigenvalue weighted by Crippen LogP contribution is -2.56. The maximum absolute atomic E-state index is 12.7. The number of hydrogen-bond donors (Lipinski definition) is 7. The van der Waals surface area contributed by atoms with Crippen molar-refractivity contribution in [3.05, 3.63) is 0 Å². The smallest absolute Gasteiger partial charge is 0.322 e. The normalized spacial score (nSPS) is 13.6. The van der Waals surface area contributed by atoms with Crippen LogP contribution in [0, 0.1) is 0 Å². The zero-order valence-electron chi connectivity index (χ0n) is 16.9. The number of aliphatic carboxylic acids is 2. The first-order valence-corrected chi connectivity index (χ1v) is 10.8. The molecule has 0 aromatic rings. The van der Waals surface area contributed by atoms with Crippen LogP contribution in [-0.4, -0.2) is 83.1 Å². The van der Waals surface area contributed by atoms with Crippen LogP contribution < -0.4 is 27.4 Å². The summed E-state index contributed by atoms with van der Waals surface area (Å²) in [6.07, 6.45) is 2.80. The second-order valence-corrected chi connectivity index (χ2v) is 7.49. The van der Waals surface area contributed by atoms with Crippen molar-refractivity contribution in [1.82, 2.24) is 16.0 Å². The number of carbonyl (C=O) groups is 5. The van der Waals surface area contributed by atoms with Gasteiger partial charge < -0.3 is 37.6 Å². The van der Waals surface area contributed by atoms with Crippen LogP contribution in [0.2, 0.25) is 0 Å². The van der Waals surface area contributed by atoms with Crippen LogP contribution in [0.4, 0.5) is 0 Å². The van der Waals surface area contributed by atoms with Gasteiger partial charge in [-0.15, -0.1) is 0 Å². The Bertz CT molecular complexity index is 605. The Morgan fingerprint density at radius 3 is 2.03 bits per heavy atom. The third-order valence-corrected chi connectivity index (χ3v) is 4.61. The van der Waals surface area contributed by atoms with Gasteiger partial charge in [0, 0.05) is 0 Å². The number of unbranched alkanes of at least 4 members (excludes halogenated alkanes) is 1. The number of amides is 3. The topological polar surface area (TPSA) is 214 Å². The van der Waals surface area contributed by atoms with Crippen molar-refractivity contribution in [3.8, 4) is 0 Å². The molecule has 0 heterocycles. The number of nitrogens with one attached hydrogen (secondary N) is 3. The molecular formula is C17H31N5O7S. The molecule has 172 valence electrons. The van der Waals surface area contributed by atoms with Crippen LogP contribution in [-0.2, 0) is 24.0 Å². The van der Waals surface area contributed by atoms with E-state index in [1.165, 1.54) is 11.8 Å². The lowest BCUT2D eigenvalue weighted by atomic mass is 10.1. The number of nitrogens with two attached hydrogens (primary N) is 2. The number of thioether (sulfide) groups is 1. The van der Waals surface area contributed by atoms with E-state index < -0.39 is 60.8 Å². The first kappa shape index (κ1) is 27.6. The number of carboxylic acid groups (broad SMARTS) is 2. The Balaban J connectivity index is 5.18. The molecule has 0 aliphatic carbocycles. The Hall–Kier alpha value is -2.38. The summed E-state index contributed by atoms with van der Waals surface area (Å²) in [5.41, 5.74) is 11.0. The Kier molecular flexibility index (Phi) is 14.2. The molecule has 13 heteroatoms. The van der Waals surface area contributed by atoms with Crippen LogP contribution in [0.1, 0.15) is 32.1 Å². The van der Waals surface area contributed by atoms with E-state index >= 15 is 0 Å². The molecule has 0 saturated carbocycles. The molecule has 0 fully saturated rings. The highest BCUT2D eigenvalue weighted by molar-refractivity contribution is 7.98. The van der Waals surface area contributed by atoms with Gasteiger partial charge >= 0.3 is 11.9 Å². The van der Waals surface area contributed by atoms with Gasteiger partial charge in [-0.05, 0) is 44.2 Å². The van der Waals surface area contributed by atoms with Gasteiger partial charge in [-0.1, -0.05) is 0 Å². The zero-order chi connectivity index (χ0) is 23.1. The second-order valence-electron chi connectivity index (χ2n) is 6.50. The van der Waals surface area contributed by atoms with E-state index in [9.17, 15) is 24.0 Å². The molecule has 0 radical (unpaired) electrons. The molecular weight excluding hydrogens is 418 g/mol. The molecule has 0 aromatic carbocycles. The minimum Gasteiger partial charge on any atom is -0.481 e. The fraction of sp³-hybridized carbons (Fsp3) is 0.706. The summed E-state index contributed by atoms with van der Waals surface area (Å²) in [6.45, 7) is -0.204. The summed E-state index contributed by atoms with van der Waals surface area (Å²) in [5.74, 6) is -4.09. The molecule has 3 atom stereocenters. The summed E-state index contributed by atoms with van der Waals surface area (Å²) in [7, 11) is 0. The van der Waals surface area contributed by atoms with Crippen molar-refractivity contribution in [2.75, 3.05) is 25.1 Å². The van der Waals surface area contributed by atoms with Gasteiger partial charge in [-0.3, -0.25) is 24.0 Å². The maximum Gasteiger partial charge on any atom is 0.322 e. The Morgan fingerprint density at radius 1 is 0.900 bits per heavy atom. The lowest BCUT2D eigenvalue weighted by Gasteiger charge is -2.24. The van der Waals surface area contributed by atoms with Gasteiger partial charge in [0.15, 0.2) is 0 Å². The predicted molar refractivity (Wildman–Crippen MR) is 111 cm³/mol. The first-order chi connectivity index (χ1) is 14.1. The third-order valence-electron chi connectivity index (χ3n) is 3.97. The standard InChI is InChI=1S/C17H31N5O7S/c1-30-7-5-12(21-15(27)10(19)8-13(23)24)17(29)22-11(4-2-3-6-18)16(28)20-9-14(25)26/h10-12H,2-9,18-19H2,1H3,(H,20,28)(H,21,27)(H,22,29)(H,23,24)(H,25,26). The summed E-state index contributed by atoms with van der Waals surface area (Å²) in [5, 5.41) is 24.6. The molecule has 0 saturated heterocycles. The van der Waals surface area contributed by atoms with Gasteiger partial charge in [0.05, 0.1) is 12.5 Å². The number of carboxylic acids is 2. The van der Waals surface area contributed by atoms with Crippen LogP contribution in [0.5, 0.6) is 0 Å².